The lowest BCUT2D eigenvalue weighted by molar-refractivity contribution is 0.0904. The van der Waals surface area contributed by atoms with Gasteiger partial charge in [0.15, 0.2) is 5.82 Å². The molecule has 2 aromatic heterocycles. The topological polar surface area (TPSA) is 99.1 Å². The Kier molecular flexibility index (Phi) is 5.60. The van der Waals surface area contributed by atoms with Crippen molar-refractivity contribution in [1.29, 1.82) is 0 Å². The number of rotatable bonds is 5. The molecule has 0 saturated carbocycles. The molecule has 4 rings (SSSR count). The van der Waals surface area contributed by atoms with Crippen LogP contribution in [0.25, 0.3) is 22.6 Å². The molecule has 1 aliphatic heterocycles. The predicted molar refractivity (Wildman–Crippen MR) is 113 cm³/mol. The highest BCUT2D eigenvalue weighted by molar-refractivity contribution is 5.74. The lowest BCUT2D eigenvalue weighted by Gasteiger charge is -2.25. The van der Waals surface area contributed by atoms with Gasteiger partial charge in [0.1, 0.15) is 11.6 Å². The van der Waals surface area contributed by atoms with Crippen molar-refractivity contribution >= 4 is 5.82 Å². The third kappa shape index (κ3) is 4.02. The summed E-state index contributed by atoms with van der Waals surface area (Å²) in [7, 11) is 0. The summed E-state index contributed by atoms with van der Waals surface area (Å²) < 4.78 is 10.9. The van der Waals surface area contributed by atoms with Crippen molar-refractivity contribution in [3.63, 3.8) is 0 Å². The Hall–Kier alpha value is -2.77. The Bertz CT molecular complexity index is 989. The van der Waals surface area contributed by atoms with Crippen LogP contribution in [0.2, 0.25) is 0 Å². The van der Waals surface area contributed by atoms with Crippen LogP contribution in [0.1, 0.15) is 35.4 Å². The molecule has 3 aromatic rings. The van der Waals surface area contributed by atoms with Gasteiger partial charge in [0, 0.05) is 36.9 Å². The van der Waals surface area contributed by atoms with E-state index in [1.54, 1.807) is 0 Å². The fourth-order valence-electron chi connectivity index (χ4n) is 3.72. The van der Waals surface area contributed by atoms with E-state index in [4.69, 9.17) is 25.0 Å². The van der Waals surface area contributed by atoms with Crippen molar-refractivity contribution < 1.29 is 9.26 Å². The van der Waals surface area contributed by atoms with Crippen molar-refractivity contribution in [1.82, 2.24) is 15.1 Å². The number of nitrogens with one attached hydrogen (secondary N) is 1. The molecule has 3 N–H and O–H groups in total. The van der Waals surface area contributed by atoms with Gasteiger partial charge >= 0.3 is 0 Å². The third-order valence-corrected chi connectivity index (χ3v) is 5.40. The summed E-state index contributed by atoms with van der Waals surface area (Å²) in [6, 6.07) is 8.38. The fourth-order valence-corrected chi connectivity index (χ4v) is 3.72. The van der Waals surface area contributed by atoms with Gasteiger partial charge in [0.25, 0.3) is 0 Å². The number of aryl methyl sites for hydroxylation is 2. The Morgan fingerprint density at radius 1 is 1.14 bits per heavy atom. The smallest absolute Gasteiger partial charge is 0.162 e. The average Bonchev–Trinajstić information content (AvgIpc) is 3.08. The molecule has 0 amide bonds. The predicted octanol–water partition coefficient (Wildman–Crippen LogP) is 3.77. The number of benzene rings is 1. The molecule has 0 radical (unpaired) electrons. The maximum absolute atomic E-state index is 5.84. The van der Waals surface area contributed by atoms with E-state index in [0.717, 1.165) is 71.3 Å². The van der Waals surface area contributed by atoms with Crippen LogP contribution in [0.4, 0.5) is 5.82 Å². The summed E-state index contributed by atoms with van der Waals surface area (Å²) in [4.78, 5) is 9.81. The van der Waals surface area contributed by atoms with E-state index in [0.29, 0.717) is 18.4 Å². The first kappa shape index (κ1) is 19.5. The molecule has 3 heterocycles. The zero-order valence-corrected chi connectivity index (χ0v) is 17.2. The minimum absolute atomic E-state index is 0.332. The molecule has 29 heavy (non-hydrogen) atoms. The zero-order chi connectivity index (χ0) is 20.4. The second kappa shape index (κ2) is 8.31. The molecular formula is C22H27N5O2. The molecule has 0 aliphatic carbocycles. The van der Waals surface area contributed by atoms with Crippen molar-refractivity contribution in [3.8, 4) is 22.6 Å². The monoisotopic (exact) mass is 393 g/mol. The van der Waals surface area contributed by atoms with Crippen LogP contribution in [0.3, 0.4) is 0 Å². The number of nitrogens with two attached hydrogens (primary N) is 1. The van der Waals surface area contributed by atoms with Gasteiger partial charge in [-0.2, -0.15) is 0 Å². The molecule has 1 aliphatic rings. The van der Waals surface area contributed by atoms with Gasteiger partial charge in [-0.3, -0.25) is 0 Å². The number of hydrogen-bond acceptors (Lipinski definition) is 7. The summed E-state index contributed by atoms with van der Waals surface area (Å²) in [6.45, 7) is 7.91. The Morgan fingerprint density at radius 2 is 1.93 bits per heavy atom. The Labute approximate surface area is 170 Å². The number of hydrogen-bond donors (Lipinski definition) is 2. The number of nitrogens with zero attached hydrogens (tertiary/aromatic N) is 3. The van der Waals surface area contributed by atoms with Crippen molar-refractivity contribution in [3.05, 3.63) is 46.8 Å². The van der Waals surface area contributed by atoms with Crippen molar-refractivity contribution in [2.45, 2.75) is 46.2 Å². The standard InChI is InChI=1S/C22H27N5O2/c1-13-20(19-14(2)27-29-15(19)3)25-22(17-6-4-5-16(11-17)12-23)26-21(13)24-18-7-9-28-10-8-18/h4-6,11,18H,7-10,12,23H2,1-3H3,(H,24,25,26). The first-order valence-corrected chi connectivity index (χ1v) is 10.0. The lowest BCUT2D eigenvalue weighted by atomic mass is 10.0. The number of aromatic nitrogens is 3. The highest BCUT2D eigenvalue weighted by atomic mass is 16.5. The Balaban J connectivity index is 1.84. The van der Waals surface area contributed by atoms with Crippen molar-refractivity contribution in [2.75, 3.05) is 18.5 Å². The summed E-state index contributed by atoms with van der Waals surface area (Å²) in [6.07, 6.45) is 1.92. The zero-order valence-electron chi connectivity index (χ0n) is 17.2. The van der Waals surface area contributed by atoms with Crippen LogP contribution in [0.15, 0.2) is 28.8 Å². The van der Waals surface area contributed by atoms with Gasteiger partial charge in [0.05, 0.1) is 17.0 Å². The van der Waals surface area contributed by atoms with E-state index in [1.807, 2.05) is 45.0 Å². The molecule has 1 aromatic carbocycles. The van der Waals surface area contributed by atoms with Crippen LogP contribution < -0.4 is 11.1 Å². The SMILES string of the molecule is Cc1noc(C)c1-c1nc(-c2cccc(CN)c2)nc(NC2CCOCC2)c1C. The summed E-state index contributed by atoms with van der Waals surface area (Å²) in [5, 5.41) is 7.74. The van der Waals surface area contributed by atoms with Crippen molar-refractivity contribution in [2.24, 2.45) is 5.73 Å². The molecule has 0 bridgehead atoms. The van der Waals surface area contributed by atoms with Gasteiger partial charge in [0.2, 0.25) is 0 Å². The van der Waals surface area contributed by atoms with E-state index in [-0.39, 0.29) is 0 Å². The molecular weight excluding hydrogens is 366 g/mol. The van der Waals surface area contributed by atoms with Crippen LogP contribution in [0.5, 0.6) is 0 Å². The normalized spacial score (nSPS) is 14.9. The van der Waals surface area contributed by atoms with E-state index >= 15 is 0 Å². The minimum Gasteiger partial charge on any atom is -0.381 e. The molecule has 152 valence electrons. The fraction of sp³-hybridized carbons (Fsp3) is 0.409. The number of ether oxygens (including phenoxy) is 1. The van der Waals surface area contributed by atoms with E-state index in [1.165, 1.54) is 0 Å². The van der Waals surface area contributed by atoms with Crippen LogP contribution in [0, 0.1) is 20.8 Å². The largest absolute Gasteiger partial charge is 0.381 e. The molecule has 0 unspecified atom stereocenters. The molecule has 0 atom stereocenters. The minimum atomic E-state index is 0.332. The Morgan fingerprint density at radius 3 is 2.62 bits per heavy atom. The van der Waals surface area contributed by atoms with E-state index < -0.39 is 0 Å². The van der Waals surface area contributed by atoms with Crippen LogP contribution >= 0.6 is 0 Å². The number of anilines is 1. The average molecular weight is 393 g/mol. The van der Waals surface area contributed by atoms with Crippen LogP contribution in [-0.2, 0) is 11.3 Å². The molecule has 0 spiro atoms. The lowest BCUT2D eigenvalue weighted by Crippen LogP contribution is -2.28. The highest BCUT2D eigenvalue weighted by Gasteiger charge is 2.22. The third-order valence-electron chi connectivity index (χ3n) is 5.40. The molecule has 1 fully saturated rings. The molecule has 1 saturated heterocycles. The van der Waals surface area contributed by atoms with Gasteiger partial charge in [-0.15, -0.1) is 0 Å². The molecule has 7 heteroatoms. The first-order chi connectivity index (χ1) is 14.1. The second-order valence-corrected chi connectivity index (χ2v) is 7.50. The summed E-state index contributed by atoms with van der Waals surface area (Å²) >= 11 is 0. The quantitative estimate of drug-likeness (QED) is 0.680. The second-order valence-electron chi connectivity index (χ2n) is 7.50. The van der Waals surface area contributed by atoms with Crippen LogP contribution in [-0.4, -0.2) is 34.4 Å². The van der Waals surface area contributed by atoms with Gasteiger partial charge < -0.3 is 20.3 Å². The highest BCUT2D eigenvalue weighted by Crippen LogP contribution is 2.33. The van der Waals surface area contributed by atoms with E-state index in [9.17, 15) is 0 Å². The van der Waals surface area contributed by atoms with Gasteiger partial charge in [-0.1, -0.05) is 23.4 Å². The van der Waals surface area contributed by atoms with E-state index in [2.05, 4.69) is 10.5 Å². The molecule has 7 nitrogen and oxygen atoms in total. The summed E-state index contributed by atoms with van der Waals surface area (Å²) in [5.41, 5.74) is 11.4. The maximum Gasteiger partial charge on any atom is 0.162 e. The summed E-state index contributed by atoms with van der Waals surface area (Å²) in [5.74, 6) is 2.26. The van der Waals surface area contributed by atoms with Gasteiger partial charge in [-0.05, 0) is 45.2 Å². The maximum atomic E-state index is 5.84. The van der Waals surface area contributed by atoms with Gasteiger partial charge in [-0.25, -0.2) is 9.97 Å². The first-order valence-electron chi connectivity index (χ1n) is 10.0.